The van der Waals surface area contributed by atoms with Gasteiger partial charge in [-0.25, -0.2) is 0 Å². The first kappa shape index (κ1) is 10.2. The first-order valence-electron chi connectivity index (χ1n) is 5.84. The van der Waals surface area contributed by atoms with Crippen molar-refractivity contribution in [3.63, 3.8) is 0 Å². The summed E-state index contributed by atoms with van der Waals surface area (Å²) in [6.45, 7) is 2.58. The second-order valence-electron chi connectivity index (χ2n) is 5.00. The zero-order valence-corrected chi connectivity index (χ0v) is 9.05. The summed E-state index contributed by atoms with van der Waals surface area (Å²) in [6.07, 6.45) is 8.06. The third kappa shape index (κ3) is 2.17. The lowest BCUT2D eigenvalue weighted by Crippen LogP contribution is -2.37. The van der Waals surface area contributed by atoms with Gasteiger partial charge in [0.1, 0.15) is 5.78 Å². The van der Waals surface area contributed by atoms with Crippen LogP contribution in [0.4, 0.5) is 0 Å². The van der Waals surface area contributed by atoms with Gasteiger partial charge in [0.05, 0.1) is 5.60 Å². The van der Waals surface area contributed by atoms with Crippen LogP contribution in [0.3, 0.4) is 0 Å². The van der Waals surface area contributed by atoms with E-state index < -0.39 is 0 Å². The van der Waals surface area contributed by atoms with Gasteiger partial charge in [0.2, 0.25) is 0 Å². The van der Waals surface area contributed by atoms with Crippen LogP contribution in [0.1, 0.15) is 51.9 Å². The van der Waals surface area contributed by atoms with Gasteiger partial charge in [0.15, 0.2) is 0 Å². The fraction of sp³-hybridized carbons (Fsp3) is 0.917. The molecule has 1 aliphatic carbocycles. The molecule has 0 N–H and O–H groups in total. The Labute approximate surface area is 86.0 Å². The van der Waals surface area contributed by atoms with Crippen LogP contribution in [0.5, 0.6) is 0 Å². The Morgan fingerprint density at radius 3 is 2.79 bits per heavy atom. The van der Waals surface area contributed by atoms with E-state index in [9.17, 15) is 4.79 Å². The molecule has 1 heterocycles. The van der Waals surface area contributed by atoms with Gasteiger partial charge >= 0.3 is 0 Å². The molecule has 0 aromatic rings. The van der Waals surface area contributed by atoms with Crippen LogP contribution in [-0.2, 0) is 9.53 Å². The average molecular weight is 196 g/mol. The van der Waals surface area contributed by atoms with Crippen molar-refractivity contribution >= 4 is 5.78 Å². The smallest absolute Gasteiger partial charge is 0.130 e. The average Bonchev–Trinajstić information content (AvgIpc) is 2.52. The highest BCUT2D eigenvalue weighted by Crippen LogP contribution is 2.42. The highest BCUT2D eigenvalue weighted by atomic mass is 16.5. The number of ketones is 1. The highest BCUT2D eigenvalue weighted by molar-refractivity contribution is 5.75. The second kappa shape index (κ2) is 4.01. The maximum Gasteiger partial charge on any atom is 0.130 e. The first-order chi connectivity index (χ1) is 6.70. The Morgan fingerprint density at radius 1 is 1.43 bits per heavy atom. The number of rotatable bonds is 2. The van der Waals surface area contributed by atoms with E-state index in [0.717, 1.165) is 25.9 Å². The molecule has 2 fully saturated rings. The molecule has 1 aliphatic heterocycles. The molecule has 2 nitrogen and oxygen atoms in total. The molecule has 80 valence electrons. The topological polar surface area (TPSA) is 26.3 Å². The lowest BCUT2D eigenvalue weighted by atomic mass is 9.82. The molecule has 2 rings (SSSR count). The van der Waals surface area contributed by atoms with Gasteiger partial charge in [-0.3, -0.25) is 0 Å². The Hall–Kier alpha value is -0.370. The van der Waals surface area contributed by atoms with Crippen LogP contribution in [-0.4, -0.2) is 18.0 Å². The van der Waals surface area contributed by atoms with Gasteiger partial charge in [-0.1, -0.05) is 12.8 Å². The van der Waals surface area contributed by atoms with E-state index in [4.69, 9.17) is 4.74 Å². The molecule has 1 spiro atoms. The van der Waals surface area contributed by atoms with Crippen molar-refractivity contribution in [1.82, 2.24) is 0 Å². The van der Waals surface area contributed by atoms with Crippen LogP contribution in [0.2, 0.25) is 0 Å². The van der Waals surface area contributed by atoms with Crippen LogP contribution in [0.25, 0.3) is 0 Å². The molecular weight excluding hydrogens is 176 g/mol. The number of ether oxygens (including phenoxy) is 1. The molecule has 1 unspecified atom stereocenters. The SMILES string of the molecule is CC(=O)CC1CCOC2(CCCC2)C1. The van der Waals surface area contributed by atoms with Gasteiger partial charge in [-0.15, -0.1) is 0 Å². The van der Waals surface area contributed by atoms with Crippen molar-refractivity contribution in [1.29, 1.82) is 0 Å². The predicted octanol–water partition coefficient (Wildman–Crippen LogP) is 2.70. The molecule has 14 heavy (non-hydrogen) atoms. The fourth-order valence-corrected chi connectivity index (χ4v) is 3.08. The predicted molar refractivity (Wildman–Crippen MR) is 55.2 cm³/mol. The van der Waals surface area contributed by atoms with Crippen molar-refractivity contribution in [2.75, 3.05) is 6.61 Å². The minimum absolute atomic E-state index is 0.179. The second-order valence-corrected chi connectivity index (χ2v) is 5.00. The van der Waals surface area contributed by atoms with E-state index >= 15 is 0 Å². The summed E-state index contributed by atoms with van der Waals surface area (Å²) in [6, 6.07) is 0. The van der Waals surface area contributed by atoms with Gasteiger partial charge in [0.25, 0.3) is 0 Å². The van der Waals surface area contributed by atoms with Crippen molar-refractivity contribution in [3.05, 3.63) is 0 Å². The van der Waals surface area contributed by atoms with Gasteiger partial charge in [-0.05, 0) is 38.5 Å². The molecule has 0 radical (unpaired) electrons. The fourth-order valence-electron chi connectivity index (χ4n) is 3.08. The molecule has 0 aromatic heterocycles. The lowest BCUT2D eigenvalue weighted by molar-refractivity contribution is -0.122. The van der Waals surface area contributed by atoms with Crippen LogP contribution >= 0.6 is 0 Å². The van der Waals surface area contributed by atoms with Crippen LogP contribution < -0.4 is 0 Å². The van der Waals surface area contributed by atoms with Crippen LogP contribution in [0, 0.1) is 5.92 Å². The maximum atomic E-state index is 11.1. The molecule has 0 aromatic carbocycles. The molecule has 0 bridgehead atoms. The zero-order valence-electron chi connectivity index (χ0n) is 9.05. The minimum Gasteiger partial charge on any atom is -0.375 e. The molecule has 1 saturated carbocycles. The molecule has 1 atom stereocenters. The summed E-state index contributed by atoms with van der Waals surface area (Å²) in [4.78, 5) is 11.1. The normalized spacial score (nSPS) is 30.8. The van der Waals surface area contributed by atoms with Gasteiger partial charge in [-0.2, -0.15) is 0 Å². The van der Waals surface area contributed by atoms with E-state index in [2.05, 4.69) is 0 Å². The van der Waals surface area contributed by atoms with E-state index in [0.29, 0.717) is 11.7 Å². The first-order valence-corrected chi connectivity index (χ1v) is 5.84. The zero-order chi connectivity index (χ0) is 10.0. The standard InChI is InChI=1S/C12H20O2/c1-10(13)8-11-4-7-14-12(9-11)5-2-3-6-12/h11H,2-9H2,1H3. The van der Waals surface area contributed by atoms with Gasteiger partial charge in [0, 0.05) is 13.0 Å². The Kier molecular flexibility index (Phi) is 2.91. The van der Waals surface area contributed by atoms with E-state index in [1.807, 2.05) is 0 Å². The summed E-state index contributed by atoms with van der Waals surface area (Å²) >= 11 is 0. The quantitative estimate of drug-likeness (QED) is 0.678. The Balaban J connectivity index is 1.93. The van der Waals surface area contributed by atoms with Gasteiger partial charge < -0.3 is 9.53 Å². The summed E-state index contributed by atoms with van der Waals surface area (Å²) in [7, 11) is 0. The number of hydrogen-bond donors (Lipinski definition) is 0. The lowest BCUT2D eigenvalue weighted by Gasteiger charge is -2.38. The van der Waals surface area contributed by atoms with E-state index in [1.54, 1.807) is 6.92 Å². The number of carbonyl (C=O) groups excluding carboxylic acids is 1. The monoisotopic (exact) mass is 196 g/mol. The van der Waals surface area contributed by atoms with Crippen molar-refractivity contribution < 1.29 is 9.53 Å². The highest BCUT2D eigenvalue weighted by Gasteiger charge is 2.39. The number of hydrogen-bond acceptors (Lipinski definition) is 2. The largest absolute Gasteiger partial charge is 0.375 e. The Morgan fingerprint density at radius 2 is 2.14 bits per heavy atom. The van der Waals surface area contributed by atoms with E-state index in [1.165, 1.54) is 25.7 Å². The molecular formula is C12H20O2. The summed E-state index contributed by atoms with van der Waals surface area (Å²) in [5.74, 6) is 0.935. The van der Waals surface area contributed by atoms with Crippen LogP contribution in [0.15, 0.2) is 0 Å². The molecule has 2 aliphatic rings. The minimum atomic E-state index is 0.179. The van der Waals surface area contributed by atoms with Crippen molar-refractivity contribution in [2.45, 2.75) is 57.5 Å². The molecule has 1 saturated heterocycles. The third-order valence-electron chi connectivity index (χ3n) is 3.69. The summed E-state index contributed by atoms with van der Waals surface area (Å²) in [5, 5.41) is 0. The third-order valence-corrected chi connectivity index (χ3v) is 3.69. The Bertz CT molecular complexity index is 216. The van der Waals surface area contributed by atoms with E-state index in [-0.39, 0.29) is 5.60 Å². The van der Waals surface area contributed by atoms with Crippen molar-refractivity contribution in [3.8, 4) is 0 Å². The maximum absolute atomic E-state index is 11.1. The number of carbonyl (C=O) groups is 1. The molecule has 0 amide bonds. The molecule has 2 heteroatoms. The summed E-state index contributed by atoms with van der Waals surface area (Å²) in [5.41, 5.74) is 0.179. The summed E-state index contributed by atoms with van der Waals surface area (Å²) < 4.78 is 5.93. The number of Topliss-reactive ketones (excluding diaryl/α,β-unsaturated/α-hetero) is 1. The van der Waals surface area contributed by atoms with Crippen molar-refractivity contribution in [2.24, 2.45) is 5.92 Å².